The van der Waals surface area contributed by atoms with Crippen molar-refractivity contribution in [3.05, 3.63) is 30.1 Å². The summed E-state index contributed by atoms with van der Waals surface area (Å²) >= 11 is 0. The third-order valence-electron chi connectivity index (χ3n) is 2.73. The number of piperazine rings is 1. The van der Waals surface area contributed by atoms with E-state index in [9.17, 15) is 14.0 Å². The largest absolute Gasteiger partial charge is 0.343 e. The lowest BCUT2D eigenvalue weighted by atomic mass is 10.1. The third kappa shape index (κ3) is 2.27. The van der Waals surface area contributed by atoms with E-state index in [1.807, 2.05) is 6.92 Å². The van der Waals surface area contributed by atoms with Gasteiger partial charge in [0.25, 0.3) is 0 Å². The molecule has 0 spiro atoms. The summed E-state index contributed by atoms with van der Waals surface area (Å²) in [4.78, 5) is 24.8. The zero-order chi connectivity index (χ0) is 12.4. The van der Waals surface area contributed by atoms with E-state index in [1.54, 1.807) is 6.07 Å². The highest BCUT2D eigenvalue weighted by Gasteiger charge is 2.32. The van der Waals surface area contributed by atoms with Crippen molar-refractivity contribution in [3.8, 4) is 0 Å². The minimum Gasteiger partial charge on any atom is -0.343 e. The van der Waals surface area contributed by atoms with Crippen LogP contribution in [0.15, 0.2) is 24.3 Å². The molecule has 0 aromatic heterocycles. The van der Waals surface area contributed by atoms with Gasteiger partial charge in [0.1, 0.15) is 18.4 Å². The summed E-state index contributed by atoms with van der Waals surface area (Å²) in [6, 6.07) is 5.18. The average molecular weight is 236 g/mol. The van der Waals surface area contributed by atoms with Crippen molar-refractivity contribution in [1.29, 1.82) is 0 Å². The maximum Gasteiger partial charge on any atom is 0.250 e. The van der Waals surface area contributed by atoms with Gasteiger partial charge in [0.2, 0.25) is 11.8 Å². The van der Waals surface area contributed by atoms with Crippen LogP contribution in [0.3, 0.4) is 0 Å². The average Bonchev–Trinajstić information content (AvgIpc) is 2.31. The summed E-state index contributed by atoms with van der Waals surface area (Å²) in [5, 5.41) is 2.61. The molecule has 1 aliphatic rings. The van der Waals surface area contributed by atoms with E-state index < -0.39 is 11.9 Å². The molecule has 1 aromatic carbocycles. The molecule has 1 N–H and O–H groups in total. The molecule has 0 radical (unpaired) electrons. The monoisotopic (exact) mass is 236 g/mol. The molecule has 0 bridgehead atoms. The van der Waals surface area contributed by atoms with E-state index in [2.05, 4.69) is 5.32 Å². The molecular formula is C12H13FN2O2. The number of amides is 2. The number of rotatable bonds is 2. The molecule has 1 aliphatic heterocycles. The van der Waals surface area contributed by atoms with Gasteiger partial charge < -0.3 is 10.2 Å². The van der Waals surface area contributed by atoms with Crippen LogP contribution in [-0.2, 0) is 9.59 Å². The number of hydrogen-bond donors (Lipinski definition) is 1. The fourth-order valence-electron chi connectivity index (χ4n) is 1.85. The predicted octanol–water partition coefficient (Wildman–Crippen LogP) is 1.07. The second-order valence-electron chi connectivity index (χ2n) is 3.93. The van der Waals surface area contributed by atoms with Gasteiger partial charge in [-0.1, -0.05) is 13.0 Å². The topological polar surface area (TPSA) is 49.4 Å². The Balaban J connectivity index is 2.30. The van der Waals surface area contributed by atoms with E-state index >= 15 is 0 Å². The predicted molar refractivity (Wildman–Crippen MR) is 61.0 cm³/mol. The summed E-state index contributed by atoms with van der Waals surface area (Å²) in [6.07, 6.45) is 0.524. The summed E-state index contributed by atoms with van der Waals surface area (Å²) in [5.74, 6) is -0.840. The van der Waals surface area contributed by atoms with E-state index in [-0.39, 0.29) is 18.4 Å². The Kier molecular flexibility index (Phi) is 3.08. The molecule has 1 fully saturated rings. The Morgan fingerprint density at radius 1 is 1.47 bits per heavy atom. The molecule has 1 saturated heterocycles. The molecular weight excluding hydrogens is 223 g/mol. The normalized spacial score (nSPS) is 20.4. The van der Waals surface area contributed by atoms with Crippen LogP contribution in [0.25, 0.3) is 0 Å². The number of hydrogen-bond acceptors (Lipinski definition) is 2. The van der Waals surface area contributed by atoms with E-state index in [0.717, 1.165) is 0 Å². The lowest BCUT2D eigenvalue weighted by Gasteiger charge is -2.32. The van der Waals surface area contributed by atoms with Gasteiger partial charge in [-0.15, -0.1) is 0 Å². The van der Waals surface area contributed by atoms with Crippen LogP contribution >= 0.6 is 0 Å². The maximum atomic E-state index is 13.1. The summed E-state index contributed by atoms with van der Waals surface area (Å²) in [5.41, 5.74) is 0.420. The lowest BCUT2D eigenvalue weighted by molar-refractivity contribution is -0.131. The minimum atomic E-state index is -0.514. The highest BCUT2D eigenvalue weighted by atomic mass is 19.1. The third-order valence-corrected chi connectivity index (χ3v) is 2.73. The van der Waals surface area contributed by atoms with Gasteiger partial charge in [-0.2, -0.15) is 0 Å². The highest BCUT2D eigenvalue weighted by molar-refractivity contribution is 6.06. The van der Waals surface area contributed by atoms with Gasteiger partial charge >= 0.3 is 0 Å². The van der Waals surface area contributed by atoms with Gasteiger partial charge in [0.05, 0.1) is 0 Å². The molecule has 1 aromatic rings. The smallest absolute Gasteiger partial charge is 0.250 e. The van der Waals surface area contributed by atoms with Gasteiger partial charge in [-0.3, -0.25) is 9.59 Å². The first-order chi connectivity index (χ1) is 8.11. The van der Waals surface area contributed by atoms with Gasteiger partial charge in [-0.05, 0) is 24.6 Å². The minimum absolute atomic E-state index is 0.0568. The molecule has 0 saturated carbocycles. The molecule has 90 valence electrons. The number of nitrogens with one attached hydrogen (secondary N) is 1. The first kappa shape index (κ1) is 11.6. The zero-order valence-electron chi connectivity index (χ0n) is 9.44. The van der Waals surface area contributed by atoms with E-state index in [0.29, 0.717) is 12.1 Å². The van der Waals surface area contributed by atoms with Crippen molar-refractivity contribution in [1.82, 2.24) is 5.32 Å². The first-order valence-electron chi connectivity index (χ1n) is 5.48. The Morgan fingerprint density at radius 2 is 2.24 bits per heavy atom. The van der Waals surface area contributed by atoms with Crippen molar-refractivity contribution in [2.24, 2.45) is 0 Å². The molecule has 0 aliphatic carbocycles. The Morgan fingerprint density at radius 3 is 2.88 bits per heavy atom. The Hall–Kier alpha value is -1.91. The number of carbonyl (C=O) groups excluding carboxylic acids is 2. The summed E-state index contributed by atoms with van der Waals surface area (Å²) in [6.45, 7) is 1.76. The highest BCUT2D eigenvalue weighted by Crippen LogP contribution is 2.19. The molecule has 4 nitrogen and oxygen atoms in total. The van der Waals surface area contributed by atoms with Crippen LogP contribution in [0, 0.1) is 5.82 Å². The van der Waals surface area contributed by atoms with Crippen LogP contribution in [0.5, 0.6) is 0 Å². The standard InChI is InChI=1S/C12H13FN2O2/c1-2-10-12(17)15(7-11(16)14-10)9-5-3-4-8(13)6-9/h3-6,10H,2,7H2,1H3,(H,14,16). The van der Waals surface area contributed by atoms with Crippen LogP contribution in [-0.4, -0.2) is 24.4 Å². The van der Waals surface area contributed by atoms with Crippen molar-refractivity contribution >= 4 is 17.5 Å². The van der Waals surface area contributed by atoms with Gasteiger partial charge in [0.15, 0.2) is 0 Å². The van der Waals surface area contributed by atoms with Crippen molar-refractivity contribution in [2.75, 3.05) is 11.4 Å². The van der Waals surface area contributed by atoms with Crippen molar-refractivity contribution in [2.45, 2.75) is 19.4 Å². The number of nitrogens with zero attached hydrogens (tertiary/aromatic N) is 1. The van der Waals surface area contributed by atoms with Crippen molar-refractivity contribution in [3.63, 3.8) is 0 Å². The molecule has 1 heterocycles. The zero-order valence-corrected chi connectivity index (χ0v) is 9.44. The number of carbonyl (C=O) groups is 2. The summed E-state index contributed by atoms with van der Waals surface area (Å²) in [7, 11) is 0. The van der Waals surface area contributed by atoms with E-state index in [1.165, 1.54) is 23.1 Å². The fourth-order valence-corrected chi connectivity index (χ4v) is 1.85. The molecule has 2 amide bonds. The first-order valence-corrected chi connectivity index (χ1v) is 5.48. The quantitative estimate of drug-likeness (QED) is 0.835. The molecule has 1 atom stereocenters. The molecule has 2 rings (SSSR count). The van der Waals surface area contributed by atoms with E-state index in [4.69, 9.17) is 0 Å². The molecule has 5 heteroatoms. The second-order valence-corrected chi connectivity index (χ2v) is 3.93. The Labute approximate surface area is 98.4 Å². The van der Waals surface area contributed by atoms with Crippen LogP contribution in [0.4, 0.5) is 10.1 Å². The van der Waals surface area contributed by atoms with Crippen LogP contribution in [0.1, 0.15) is 13.3 Å². The Bertz CT molecular complexity index is 462. The van der Waals surface area contributed by atoms with Gasteiger partial charge in [-0.25, -0.2) is 4.39 Å². The van der Waals surface area contributed by atoms with Crippen LogP contribution < -0.4 is 10.2 Å². The van der Waals surface area contributed by atoms with Crippen molar-refractivity contribution < 1.29 is 14.0 Å². The molecule has 17 heavy (non-hydrogen) atoms. The number of benzene rings is 1. The molecule has 1 unspecified atom stereocenters. The maximum absolute atomic E-state index is 13.1. The summed E-state index contributed by atoms with van der Waals surface area (Å²) < 4.78 is 13.1. The fraction of sp³-hybridized carbons (Fsp3) is 0.333. The SMILES string of the molecule is CCC1NC(=O)CN(c2cccc(F)c2)C1=O. The second kappa shape index (κ2) is 4.53. The van der Waals surface area contributed by atoms with Gasteiger partial charge in [0, 0.05) is 5.69 Å². The number of anilines is 1. The van der Waals surface area contributed by atoms with Crippen LogP contribution in [0.2, 0.25) is 0 Å². The number of halogens is 1. The lowest BCUT2D eigenvalue weighted by Crippen LogP contribution is -2.58.